The van der Waals surface area contributed by atoms with Gasteiger partial charge >= 0.3 is 6.03 Å². The Balaban J connectivity index is 1.38. The van der Waals surface area contributed by atoms with E-state index in [1.807, 2.05) is 31.0 Å². The molecule has 3 heterocycles. The summed E-state index contributed by atoms with van der Waals surface area (Å²) in [5.74, 6) is 0.768. The highest BCUT2D eigenvalue weighted by atomic mass is 35.5. The number of likely N-dealkylation sites (tertiary alicyclic amines) is 1. The first-order valence-electron chi connectivity index (χ1n) is 10.2. The number of nitrogens with one attached hydrogen (secondary N) is 3. The molecule has 3 aliphatic heterocycles. The monoisotopic (exact) mass is 451 g/mol. The molecule has 0 bridgehead atoms. The van der Waals surface area contributed by atoms with Crippen molar-refractivity contribution in [3.05, 3.63) is 45.6 Å². The van der Waals surface area contributed by atoms with E-state index in [2.05, 4.69) is 20.9 Å². The molecule has 1 unspecified atom stereocenters. The largest absolute Gasteiger partial charge is 0.381 e. The zero-order chi connectivity index (χ0) is 21.3. The Kier molecular flexibility index (Phi) is 6.14. The molecule has 0 aliphatic carbocycles. The van der Waals surface area contributed by atoms with Gasteiger partial charge in [0.1, 0.15) is 0 Å². The van der Waals surface area contributed by atoms with Crippen LogP contribution in [0.1, 0.15) is 32.3 Å². The average molecular weight is 452 g/mol. The number of aliphatic imine (C=N–C) groups is 1. The van der Waals surface area contributed by atoms with Gasteiger partial charge in [-0.05, 0) is 50.0 Å². The molecule has 4 rings (SSSR count). The molecule has 0 spiro atoms. The maximum Gasteiger partial charge on any atom is 0.318 e. The van der Waals surface area contributed by atoms with Crippen molar-refractivity contribution in [2.45, 2.75) is 50.9 Å². The van der Waals surface area contributed by atoms with Crippen LogP contribution in [0.4, 0.5) is 4.79 Å². The van der Waals surface area contributed by atoms with Crippen LogP contribution < -0.4 is 16.0 Å². The number of hydrogen-bond donors (Lipinski definition) is 3. The summed E-state index contributed by atoms with van der Waals surface area (Å²) in [6.07, 6.45) is 3.84. The number of urea groups is 1. The molecular weight excluding hydrogens is 425 g/mol. The van der Waals surface area contributed by atoms with E-state index >= 15 is 0 Å². The molecule has 30 heavy (non-hydrogen) atoms. The van der Waals surface area contributed by atoms with Crippen LogP contribution in [-0.2, 0) is 11.3 Å². The van der Waals surface area contributed by atoms with Gasteiger partial charge in [-0.2, -0.15) is 0 Å². The lowest BCUT2D eigenvalue weighted by molar-refractivity contribution is 0.0822. The SMILES string of the molecule is CC1(C)C2=CN=C(NC3CCOCC3)NC2CN1C(=O)NCc1ccc(Cl)c(Cl)c1. The quantitative estimate of drug-likeness (QED) is 0.658. The Bertz CT molecular complexity index is 880. The highest BCUT2D eigenvalue weighted by Gasteiger charge is 2.47. The predicted molar refractivity (Wildman–Crippen MR) is 119 cm³/mol. The van der Waals surface area contributed by atoms with E-state index in [-0.39, 0.29) is 12.1 Å². The molecule has 162 valence electrons. The lowest BCUT2D eigenvalue weighted by Gasteiger charge is -2.33. The molecule has 0 saturated carbocycles. The van der Waals surface area contributed by atoms with Gasteiger partial charge in [0.05, 0.1) is 21.6 Å². The van der Waals surface area contributed by atoms with Crippen molar-refractivity contribution in [1.29, 1.82) is 0 Å². The normalized spacial score (nSPS) is 23.2. The molecule has 7 nitrogen and oxygen atoms in total. The van der Waals surface area contributed by atoms with Gasteiger partial charge in [0.2, 0.25) is 0 Å². The molecular formula is C21H27Cl2N5O2. The highest BCUT2D eigenvalue weighted by Crippen LogP contribution is 2.35. The Morgan fingerprint density at radius 2 is 2.07 bits per heavy atom. The van der Waals surface area contributed by atoms with Gasteiger partial charge in [0, 0.05) is 38.5 Å². The minimum absolute atomic E-state index is 0.0376. The molecule has 0 aromatic heterocycles. The summed E-state index contributed by atoms with van der Waals surface area (Å²) < 4.78 is 5.42. The molecule has 2 amide bonds. The minimum atomic E-state index is -0.437. The first-order valence-corrected chi connectivity index (χ1v) is 11.0. The van der Waals surface area contributed by atoms with E-state index in [4.69, 9.17) is 27.9 Å². The van der Waals surface area contributed by atoms with Crippen molar-refractivity contribution < 1.29 is 9.53 Å². The third-order valence-corrected chi connectivity index (χ3v) is 6.74. The standard InChI is InChI=1S/C21H27Cl2N5O2/c1-21(2)15-11-24-19(26-14-5-7-30-8-6-14)27-18(15)12-28(21)20(29)25-10-13-3-4-16(22)17(23)9-13/h3-4,9,11,14,18H,5-8,10,12H2,1-2H3,(H,25,29)(H2,24,26,27). The predicted octanol–water partition coefficient (Wildman–Crippen LogP) is 3.28. The van der Waals surface area contributed by atoms with E-state index in [1.54, 1.807) is 12.1 Å². The van der Waals surface area contributed by atoms with E-state index in [9.17, 15) is 4.79 Å². The fourth-order valence-electron chi connectivity index (χ4n) is 4.17. The fourth-order valence-corrected chi connectivity index (χ4v) is 4.49. The van der Waals surface area contributed by atoms with Gasteiger partial charge in [0.25, 0.3) is 0 Å². The number of carbonyl (C=O) groups excluding carboxylic acids is 1. The second-order valence-electron chi connectivity index (χ2n) is 8.37. The Labute approximate surface area is 186 Å². The third kappa shape index (κ3) is 4.38. The molecule has 2 fully saturated rings. The average Bonchev–Trinajstić information content (AvgIpc) is 2.99. The first kappa shape index (κ1) is 21.3. The van der Waals surface area contributed by atoms with Crippen LogP contribution in [0, 0.1) is 0 Å². The van der Waals surface area contributed by atoms with Gasteiger partial charge in [0.15, 0.2) is 5.96 Å². The number of carbonyl (C=O) groups is 1. The van der Waals surface area contributed by atoms with Crippen molar-refractivity contribution >= 4 is 35.2 Å². The van der Waals surface area contributed by atoms with Crippen molar-refractivity contribution in [3.8, 4) is 0 Å². The number of rotatable bonds is 3. The van der Waals surface area contributed by atoms with E-state index in [0.29, 0.717) is 29.2 Å². The topological polar surface area (TPSA) is 78.0 Å². The van der Waals surface area contributed by atoms with Crippen LogP contribution in [-0.4, -0.2) is 54.3 Å². The van der Waals surface area contributed by atoms with E-state index in [0.717, 1.165) is 43.2 Å². The number of amides is 2. The number of fused-ring (bicyclic) bond motifs is 1. The summed E-state index contributed by atoms with van der Waals surface area (Å²) in [6, 6.07) is 5.64. The Morgan fingerprint density at radius 1 is 1.30 bits per heavy atom. The summed E-state index contributed by atoms with van der Waals surface area (Å²) in [6.45, 7) is 6.59. The molecule has 1 aromatic carbocycles. The lowest BCUT2D eigenvalue weighted by Crippen LogP contribution is -2.51. The summed E-state index contributed by atoms with van der Waals surface area (Å²) in [4.78, 5) is 19.4. The second-order valence-corrected chi connectivity index (χ2v) is 9.18. The first-order chi connectivity index (χ1) is 14.3. The lowest BCUT2D eigenvalue weighted by atomic mass is 9.93. The van der Waals surface area contributed by atoms with E-state index in [1.165, 1.54) is 0 Å². The molecule has 1 atom stereocenters. The summed E-state index contributed by atoms with van der Waals surface area (Å²) in [5, 5.41) is 10.9. The number of halogens is 2. The van der Waals surface area contributed by atoms with Gasteiger partial charge in [-0.25, -0.2) is 9.79 Å². The van der Waals surface area contributed by atoms with Gasteiger partial charge in [-0.1, -0.05) is 29.3 Å². The number of guanidine groups is 1. The van der Waals surface area contributed by atoms with Crippen LogP contribution in [0.25, 0.3) is 0 Å². The minimum Gasteiger partial charge on any atom is -0.381 e. The number of ether oxygens (including phenoxy) is 1. The van der Waals surface area contributed by atoms with Crippen LogP contribution in [0.3, 0.4) is 0 Å². The number of nitrogens with zero attached hydrogens (tertiary/aromatic N) is 2. The summed E-state index contributed by atoms with van der Waals surface area (Å²) in [7, 11) is 0. The third-order valence-electron chi connectivity index (χ3n) is 6.00. The maximum atomic E-state index is 13.0. The van der Waals surface area contributed by atoms with Crippen molar-refractivity contribution in [1.82, 2.24) is 20.9 Å². The van der Waals surface area contributed by atoms with Crippen LogP contribution in [0.2, 0.25) is 10.0 Å². The highest BCUT2D eigenvalue weighted by molar-refractivity contribution is 6.42. The van der Waals surface area contributed by atoms with Gasteiger partial charge < -0.3 is 25.6 Å². The van der Waals surface area contributed by atoms with Gasteiger partial charge in [-0.3, -0.25) is 0 Å². The van der Waals surface area contributed by atoms with Crippen LogP contribution in [0.5, 0.6) is 0 Å². The van der Waals surface area contributed by atoms with Crippen molar-refractivity contribution in [2.75, 3.05) is 19.8 Å². The molecule has 9 heteroatoms. The van der Waals surface area contributed by atoms with Crippen LogP contribution >= 0.6 is 23.2 Å². The zero-order valence-corrected chi connectivity index (χ0v) is 18.7. The summed E-state index contributed by atoms with van der Waals surface area (Å²) >= 11 is 12.0. The molecule has 0 radical (unpaired) electrons. The van der Waals surface area contributed by atoms with Gasteiger partial charge in [-0.15, -0.1) is 0 Å². The molecule has 3 N–H and O–H groups in total. The van der Waals surface area contributed by atoms with E-state index < -0.39 is 5.54 Å². The second kappa shape index (κ2) is 8.65. The Morgan fingerprint density at radius 3 is 2.80 bits per heavy atom. The smallest absolute Gasteiger partial charge is 0.318 e. The Hall–Kier alpha value is -1.96. The van der Waals surface area contributed by atoms with Crippen LogP contribution in [0.15, 0.2) is 35.0 Å². The van der Waals surface area contributed by atoms with Crippen molar-refractivity contribution in [3.63, 3.8) is 0 Å². The summed E-state index contributed by atoms with van der Waals surface area (Å²) in [5.41, 5.74) is 1.56. The zero-order valence-electron chi connectivity index (χ0n) is 17.2. The number of hydrogen-bond acceptors (Lipinski definition) is 5. The molecule has 1 aromatic rings. The number of benzene rings is 1. The molecule has 3 aliphatic rings. The molecule has 2 saturated heterocycles. The fraction of sp³-hybridized carbons (Fsp3) is 0.524. The maximum absolute atomic E-state index is 13.0. The van der Waals surface area contributed by atoms with Crippen molar-refractivity contribution in [2.24, 2.45) is 4.99 Å².